The molecule has 2 N–H and O–H groups in total. The molecule has 0 aliphatic carbocycles. The SMILES string of the molecule is CC(CCO)CNS(=O)(=O)Cc1ccccc1[N+](=O)[O-]. The second kappa shape index (κ2) is 7.32. The van der Waals surface area contributed by atoms with Crippen LogP contribution in [0.4, 0.5) is 5.69 Å². The zero-order chi connectivity index (χ0) is 15.2. The predicted molar refractivity (Wildman–Crippen MR) is 74.6 cm³/mol. The number of aliphatic hydroxyl groups excluding tert-OH is 1. The topological polar surface area (TPSA) is 110 Å². The molecule has 7 nitrogen and oxygen atoms in total. The summed E-state index contributed by atoms with van der Waals surface area (Å²) >= 11 is 0. The number of rotatable bonds is 8. The van der Waals surface area contributed by atoms with E-state index in [0.717, 1.165) is 0 Å². The fraction of sp³-hybridized carbons (Fsp3) is 0.500. The number of para-hydroxylation sites is 1. The molecule has 1 unspecified atom stereocenters. The van der Waals surface area contributed by atoms with Crippen molar-refractivity contribution in [2.45, 2.75) is 19.1 Å². The zero-order valence-corrected chi connectivity index (χ0v) is 12.0. The van der Waals surface area contributed by atoms with Crippen LogP contribution in [0.5, 0.6) is 0 Å². The van der Waals surface area contributed by atoms with E-state index in [1.165, 1.54) is 18.2 Å². The fourth-order valence-corrected chi connectivity index (χ4v) is 2.95. The molecule has 112 valence electrons. The van der Waals surface area contributed by atoms with Crippen LogP contribution < -0.4 is 4.72 Å². The number of aliphatic hydroxyl groups is 1. The van der Waals surface area contributed by atoms with E-state index in [2.05, 4.69) is 4.72 Å². The third kappa shape index (κ3) is 5.24. The summed E-state index contributed by atoms with van der Waals surface area (Å²) in [6.07, 6.45) is 0.494. The van der Waals surface area contributed by atoms with Crippen molar-refractivity contribution in [1.82, 2.24) is 4.72 Å². The molecule has 0 aromatic heterocycles. The summed E-state index contributed by atoms with van der Waals surface area (Å²) in [4.78, 5) is 10.2. The van der Waals surface area contributed by atoms with Crippen LogP contribution in [0.3, 0.4) is 0 Å². The largest absolute Gasteiger partial charge is 0.396 e. The van der Waals surface area contributed by atoms with Gasteiger partial charge >= 0.3 is 0 Å². The number of sulfonamides is 1. The number of nitro benzene ring substituents is 1. The van der Waals surface area contributed by atoms with E-state index in [1.807, 2.05) is 6.92 Å². The lowest BCUT2D eigenvalue weighted by atomic mass is 10.1. The average Bonchev–Trinajstić information content (AvgIpc) is 2.37. The van der Waals surface area contributed by atoms with Gasteiger partial charge in [0, 0.05) is 24.8 Å². The van der Waals surface area contributed by atoms with Crippen LogP contribution in [0, 0.1) is 16.0 Å². The van der Waals surface area contributed by atoms with Crippen LogP contribution in [0.1, 0.15) is 18.9 Å². The molecule has 0 saturated heterocycles. The second-order valence-corrected chi connectivity index (χ2v) is 6.42. The zero-order valence-electron chi connectivity index (χ0n) is 11.2. The minimum atomic E-state index is -3.64. The molecule has 1 atom stereocenters. The molecular formula is C12H18N2O5S. The fourth-order valence-electron chi connectivity index (χ4n) is 1.66. The van der Waals surface area contributed by atoms with Crippen molar-refractivity contribution in [3.8, 4) is 0 Å². The summed E-state index contributed by atoms with van der Waals surface area (Å²) in [7, 11) is -3.64. The minimum Gasteiger partial charge on any atom is -0.396 e. The maximum absolute atomic E-state index is 11.9. The lowest BCUT2D eigenvalue weighted by Crippen LogP contribution is -2.30. The Morgan fingerprint density at radius 1 is 1.40 bits per heavy atom. The normalized spacial score (nSPS) is 13.1. The molecule has 1 aromatic rings. The van der Waals surface area contributed by atoms with Gasteiger partial charge in [0.15, 0.2) is 0 Å². The first-order valence-electron chi connectivity index (χ1n) is 6.16. The first-order valence-corrected chi connectivity index (χ1v) is 7.81. The Morgan fingerprint density at radius 2 is 2.05 bits per heavy atom. The Bertz CT molecular complexity index is 559. The highest BCUT2D eigenvalue weighted by Gasteiger charge is 2.19. The highest BCUT2D eigenvalue weighted by atomic mass is 32.2. The number of hydrogen-bond donors (Lipinski definition) is 2. The maximum Gasteiger partial charge on any atom is 0.273 e. The Labute approximate surface area is 117 Å². The van der Waals surface area contributed by atoms with E-state index < -0.39 is 20.7 Å². The average molecular weight is 302 g/mol. The van der Waals surface area contributed by atoms with Crippen molar-refractivity contribution in [1.29, 1.82) is 0 Å². The first kappa shape index (κ1) is 16.5. The van der Waals surface area contributed by atoms with Crippen LogP contribution in [0.2, 0.25) is 0 Å². The summed E-state index contributed by atoms with van der Waals surface area (Å²) in [5, 5.41) is 19.6. The van der Waals surface area contributed by atoms with Crippen LogP contribution in [-0.2, 0) is 15.8 Å². The van der Waals surface area contributed by atoms with Crippen LogP contribution in [0.15, 0.2) is 24.3 Å². The van der Waals surface area contributed by atoms with E-state index in [1.54, 1.807) is 6.07 Å². The molecule has 0 saturated carbocycles. The van der Waals surface area contributed by atoms with Gasteiger partial charge in [0.25, 0.3) is 5.69 Å². The number of nitrogens with zero attached hydrogens (tertiary/aromatic N) is 1. The van der Waals surface area contributed by atoms with Gasteiger partial charge in [0.05, 0.1) is 10.7 Å². The second-order valence-electron chi connectivity index (χ2n) is 4.61. The van der Waals surface area contributed by atoms with Gasteiger partial charge in [-0.2, -0.15) is 0 Å². The number of hydrogen-bond acceptors (Lipinski definition) is 5. The minimum absolute atomic E-state index is 0.000495. The van der Waals surface area contributed by atoms with Gasteiger partial charge in [-0.15, -0.1) is 0 Å². The quantitative estimate of drug-likeness (QED) is 0.550. The summed E-state index contributed by atoms with van der Waals surface area (Å²) < 4.78 is 26.2. The molecule has 0 bridgehead atoms. The van der Waals surface area contributed by atoms with Gasteiger partial charge in [0.1, 0.15) is 0 Å². The van der Waals surface area contributed by atoms with E-state index in [0.29, 0.717) is 6.42 Å². The molecule has 0 amide bonds. The van der Waals surface area contributed by atoms with Crippen molar-refractivity contribution in [3.63, 3.8) is 0 Å². The molecule has 0 spiro atoms. The van der Waals surface area contributed by atoms with Crippen molar-refractivity contribution in [2.24, 2.45) is 5.92 Å². The van der Waals surface area contributed by atoms with Gasteiger partial charge in [-0.3, -0.25) is 10.1 Å². The highest BCUT2D eigenvalue weighted by Crippen LogP contribution is 2.19. The first-order chi connectivity index (χ1) is 9.35. The van der Waals surface area contributed by atoms with Crippen molar-refractivity contribution < 1.29 is 18.4 Å². The van der Waals surface area contributed by atoms with Gasteiger partial charge in [-0.1, -0.05) is 25.1 Å². The van der Waals surface area contributed by atoms with Crippen molar-refractivity contribution in [2.75, 3.05) is 13.2 Å². The molecule has 0 radical (unpaired) electrons. The van der Waals surface area contributed by atoms with Crippen LogP contribution in [-0.4, -0.2) is 31.6 Å². The molecule has 0 aliphatic rings. The highest BCUT2D eigenvalue weighted by molar-refractivity contribution is 7.88. The Hall–Kier alpha value is -1.51. The number of nitrogens with one attached hydrogen (secondary N) is 1. The standard InChI is InChI=1S/C12H18N2O5S/c1-10(6-7-15)8-13-20(18,19)9-11-4-2-3-5-12(11)14(16)17/h2-5,10,13,15H,6-9H2,1H3. The van der Waals surface area contributed by atoms with Gasteiger partial charge in [0.2, 0.25) is 10.0 Å². The van der Waals surface area contributed by atoms with Crippen LogP contribution >= 0.6 is 0 Å². The smallest absolute Gasteiger partial charge is 0.273 e. The van der Waals surface area contributed by atoms with Crippen LogP contribution in [0.25, 0.3) is 0 Å². The monoisotopic (exact) mass is 302 g/mol. The Morgan fingerprint density at radius 3 is 2.65 bits per heavy atom. The molecule has 0 aliphatic heterocycles. The lowest BCUT2D eigenvalue weighted by molar-refractivity contribution is -0.385. The molecule has 8 heteroatoms. The third-order valence-electron chi connectivity index (χ3n) is 2.81. The van der Waals surface area contributed by atoms with Gasteiger partial charge < -0.3 is 5.11 Å². The summed E-state index contributed by atoms with van der Waals surface area (Å²) in [6.45, 7) is 2.00. The summed E-state index contributed by atoms with van der Waals surface area (Å²) in [5.41, 5.74) is -0.0545. The molecule has 0 fully saturated rings. The number of benzene rings is 1. The Kier molecular flexibility index (Phi) is 6.05. The summed E-state index contributed by atoms with van der Waals surface area (Å²) in [5.74, 6) is -0.434. The van der Waals surface area contributed by atoms with Gasteiger partial charge in [-0.25, -0.2) is 13.1 Å². The lowest BCUT2D eigenvalue weighted by Gasteiger charge is -2.11. The predicted octanol–water partition coefficient (Wildman–Crippen LogP) is 1.03. The van der Waals surface area contributed by atoms with E-state index >= 15 is 0 Å². The number of nitro groups is 1. The van der Waals surface area contributed by atoms with E-state index in [-0.39, 0.29) is 30.3 Å². The van der Waals surface area contributed by atoms with Gasteiger partial charge in [-0.05, 0) is 12.3 Å². The Balaban J connectivity index is 2.74. The van der Waals surface area contributed by atoms with E-state index in [4.69, 9.17) is 5.11 Å². The molecule has 20 heavy (non-hydrogen) atoms. The summed E-state index contributed by atoms with van der Waals surface area (Å²) in [6, 6.07) is 5.75. The molecule has 0 heterocycles. The van der Waals surface area contributed by atoms with Crippen molar-refractivity contribution in [3.05, 3.63) is 39.9 Å². The van der Waals surface area contributed by atoms with E-state index in [9.17, 15) is 18.5 Å². The maximum atomic E-state index is 11.9. The molecule has 1 aromatic carbocycles. The third-order valence-corrected chi connectivity index (χ3v) is 4.10. The van der Waals surface area contributed by atoms with Crippen molar-refractivity contribution >= 4 is 15.7 Å². The molecular weight excluding hydrogens is 284 g/mol. The molecule has 1 rings (SSSR count).